The van der Waals surface area contributed by atoms with E-state index >= 15 is 8.78 Å². The number of carbonyl (C=O) groups is 1. The lowest BCUT2D eigenvalue weighted by Crippen LogP contribution is -2.60. The second-order valence-corrected chi connectivity index (χ2v) is 10.7. The summed E-state index contributed by atoms with van der Waals surface area (Å²) in [6, 6.07) is 7.84. The molecule has 4 aliphatic rings. The Labute approximate surface area is 199 Å². The van der Waals surface area contributed by atoms with Crippen molar-refractivity contribution in [3.05, 3.63) is 57.7 Å². The van der Waals surface area contributed by atoms with Crippen LogP contribution in [-0.2, 0) is 4.79 Å². The molecule has 1 aromatic rings. The van der Waals surface area contributed by atoms with Crippen molar-refractivity contribution < 1.29 is 18.7 Å². The second kappa shape index (κ2) is 7.62. The van der Waals surface area contributed by atoms with Crippen LogP contribution in [0.15, 0.2) is 41.0 Å². The minimum atomic E-state index is -3.63. The number of rotatable bonds is 2. The van der Waals surface area contributed by atoms with Crippen LogP contribution < -0.4 is 0 Å². The van der Waals surface area contributed by atoms with Gasteiger partial charge in [-0.2, -0.15) is 14.0 Å². The Balaban J connectivity index is 1.75. The van der Waals surface area contributed by atoms with Crippen LogP contribution in [0.4, 0.5) is 8.78 Å². The van der Waals surface area contributed by atoms with E-state index in [1.54, 1.807) is 25.0 Å². The quantitative estimate of drug-likeness (QED) is 0.569. The highest BCUT2D eigenvalue weighted by atomic mass is 19.3. The van der Waals surface area contributed by atoms with Crippen LogP contribution in [0.5, 0.6) is 0 Å². The molecule has 0 bridgehead atoms. The molecule has 0 amide bonds. The Morgan fingerprint density at radius 3 is 2.71 bits per heavy atom. The van der Waals surface area contributed by atoms with Gasteiger partial charge in [0.25, 0.3) is 0 Å². The third kappa shape index (κ3) is 2.93. The number of allylic oxidation sites excluding steroid dienone is 4. The van der Waals surface area contributed by atoms with Crippen molar-refractivity contribution >= 4 is 5.78 Å². The topological polar surface area (TPSA) is 61.1 Å². The Morgan fingerprint density at radius 2 is 2.00 bits per heavy atom. The molecule has 0 aliphatic heterocycles. The first-order chi connectivity index (χ1) is 16.1. The summed E-state index contributed by atoms with van der Waals surface area (Å²) in [7, 11) is 0. The summed E-state index contributed by atoms with van der Waals surface area (Å²) in [5, 5.41) is 21.2. The average Bonchev–Trinajstić information content (AvgIpc) is 3.10. The van der Waals surface area contributed by atoms with Gasteiger partial charge < -0.3 is 5.11 Å². The lowest BCUT2D eigenvalue weighted by molar-refractivity contribution is -0.209. The molecule has 1 aromatic carbocycles. The lowest BCUT2D eigenvalue weighted by atomic mass is 9.50. The maximum atomic E-state index is 15.1. The van der Waals surface area contributed by atoms with Gasteiger partial charge in [0.15, 0.2) is 5.78 Å². The monoisotopic (exact) mass is 461 g/mol. The van der Waals surface area contributed by atoms with E-state index in [2.05, 4.69) is 6.07 Å². The zero-order valence-corrected chi connectivity index (χ0v) is 19.6. The minimum absolute atomic E-state index is 0.0321. The van der Waals surface area contributed by atoms with Crippen LogP contribution in [0, 0.1) is 47.8 Å². The lowest BCUT2D eigenvalue weighted by Gasteiger charge is -2.55. The molecule has 34 heavy (non-hydrogen) atoms. The second-order valence-electron chi connectivity index (χ2n) is 10.7. The maximum absolute atomic E-state index is 15.1. The van der Waals surface area contributed by atoms with Crippen LogP contribution in [0.2, 0.25) is 0 Å². The van der Waals surface area contributed by atoms with Gasteiger partial charge in [-0.25, -0.2) is 0 Å². The SMILES string of the molecule is C#CC(F)(F)[C@]1(O)CCC2C3CCC4=CC(=O)CCC4=C3C(c3cccc(C#N)c3C)C[C@@]21C. The molecule has 0 spiro atoms. The van der Waals surface area contributed by atoms with Gasteiger partial charge >= 0.3 is 5.92 Å². The molecular formula is C29H29F2NO2. The van der Waals surface area contributed by atoms with Crippen LogP contribution in [0.3, 0.4) is 0 Å². The summed E-state index contributed by atoms with van der Waals surface area (Å²) in [5.74, 6) is -2.18. The molecule has 0 radical (unpaired) electrons. The fraction of sp³-hybridized carbons (Fsp3) is 0.517. The summed E-state index contributed by atoms with van der Waals surface area (Å²) in [6.45, 7) is 3.70. The van der Waals surface area contributed by atoms with Crippen molar-refractivity contribution in [3.63, 3.8) is 0 Å². The average molecular weight is 462 g/mol. The molecule has 0 heterocycles. The number of nitrogens with zero attached hydrogens (tertiary/aromatic N) is 1. The van der Waals surface area contributed by atoms with Gasteiger partial charge in [0.2, 0.25) is 0 Å². The van der Waals surface area contributed by atoms with Crippen molar-refractivity contribution in [2.45, 2.75) is 76.2 Å². The third-order valence-electron chi connectivity index (χ3n) is 9.46. The van der Waals surface area contributed by atoms with E-state index in [0.717, 1.165) is 29.5 Å². The summed E-state index contributed by atoms with van der Waals surface area (Å²) < 4.78 is 30.3. The number of terminal acetylenes is 1. The number of alkyl halides is 2. The van der Waals surface area contributed by atoms with Crippen LogP contribution in [0.25, 0.3) is 0 Å². The minimum Gasteiger partial charge on any atom is -0.382 e. The zero-order valence-electron chi connectivity index (χ0n) is 19.6. The molecule has 0 saturated heterocycles. The number of fused-ring (bicyclic) bond motifs is 4. The molecule has 2 saturated carbocycles. The van der Waals surface area contributed by atoms with Crippen molar-refractivity contribution in [3.8, 4) is 18.4 Å². The molecule has 2 fully saturated rings. The van der Waals surface area contributed by atoms with E-state index in [1.807, 2.05) is 19.1 Å². The van der Waals surface area contributed by atoms with Crippen LogP contribution >= 0.6 is 0 Å². The number of nitriles is 1. The van der Waals surface area contributed by atoms with E-state index in [9.17, 15) is 15.2 Å². The summed E-state index contributed by atoms with van der Waals surface area (Å²) in [4.78, 5) is 12.2. The van der Waals surface area contributed by atoms with Gasteiger partial charge in [-0.15, -0.1) is 6.42 Å². The Kier molecular flexibility index (Phi) is 5.16. The highest BCUT2D eigenvalue weighted by Gasteiger charge is 2.71. The van der Waals surface area contributed by atoms with E-state index in [4.69, 9.17) is 6.42 Å². The van der Waals surface area contributed by atoms with E-state index in [-0.39, 0.29) is 30.0 Å². The van der Waals surface area contributed by atoms with Crippen molar-refractivity contribution in [1.29, 1.82) is 5.26 Å². The van der Waals surface area contributed by atoms with E-state index in [0.29, 0.717) is 31.2 Å². The zero-order chi connectivity index (χ0) is 24.5. The molecule has 176 valence electrons. The van der Waals surface area contributed by atoms with E-state index < -0.39 is 16.9 Å². The largest absolute Gasteiger partial charge is 0.382 e. The molecule has 5 heteroatoms. The number of hydrogen-bond acceptors (Lipinski definition) is 3. The smallest absolute Gasteiger partial charge is 0.336 e. The first-order valence-electron chi connectivity index (χ1n) is 12.1. The van der Waals surface area contributed by atoms with Crippen molar-refractivity contribution in [1.82, 2.24) is 0 Å². The molecule has 4 aliphatic carbocycles. The van der Waals surface area contributed by atoms with Crippen LogP contribution in [0.1, 0.15) is 74.5 Å². The van der Waals surface area contributed by atoms with Gasteiger partial charge in [-0.3, -0.25) is 4.79 Å². The summed E-state index contributed by atoms with van der Waals surface area (Å²) >= 11 is 0. The number of halogens is 2. The molecule has 5 atom stereocenters. The van der Waals surface area contributed by atoms with Gasteiger partial charge in [-0.05, 0) is 97.6 Å². The van der Waals surface area contributed by atoms with Gasteiger partial charge in [0.1, 0.15) is 5.60 Å². The standard InChI is InChI=1S/C29H29F2NO2/c1-4-29(30,31)28(34)13-12-25-23-10-8-18-14-20(33)9-11-22(18)26(23)24(15-27(25,28)3)21-7-5-6-19(16-32)17(21)2/h1,5-7,14,23-25,34H,8-13,15H2,2-3H3/t23?,24?,25?,27-,28-/m0/s1. The first-order valence-corrected chi connectivity index (χ1v) is 12.1. The van der Waals surface area contributed by atoms with Crippen LogP contribution in [-0.4, -0.2) is 22.4 Å². The predicted molar refractivity (Wildman–Crippen MR) is 125 cm³/mol. The Morgan fingerprint density at radius 1 is 1.24 bits per heavy atom. The normalized spacial score (nSPS) is 35.0. The highest BCUT2D eigenvalue weighted by Crippen LogP contribution is 2.69. The number of hydrogen-bond donors (Lipinski definition) is 1. The molecule has 1 N–H and O–H groups in total. The van der Waals surface area contributed by atoms with E-state index in [1.165, 1.54) is 11.1 Å². The number of ketones is 1. The molecular weight excluding hydrogens is 432 g/mol. The fourth-order valence-electron chi connectivity index (χ4n) is 7.73. The highest BCUT2D eigenvalue weighted by molar-refractivity contribution is 5.93. The first kappa shape index (κ1) is 23.0. The number of benzene rings is 1. The van der Waals surface area contributed by atoms with Crippen molar-refractivity contribution in [2.75, 3.05) is 0 Å². The van der Waals surface area contributed by atoms with Gasteiger partial charge in [0.05, 0.1) is 11.6 Å². The molecule has 0 aromatic heterocycles. The third-order valence-corrected chi connectivity index (χ3v) is 9.46. The molecule has 3 nitrogen and oxygen atoms in total. The predicted octanol–water partition coefficient (Wildman–Crippen LogP) is 5.77. The molecule has 3 unspecified atom stereocenters. The summed E-state index contributed by atoms with van der Waals surface area (Å²) in [6.07, 6.45) is 10.4. The van der Waals surface area contributed by atoms with Gasteiger partial charge in [0, 0.05) is 17.8 Å². The number of carbonyl (C=O) groups excluding carboxylic acids is 1. The molecule has 5 rings (SSSR count). The Bertz CT molecular complexity index is 1230. The maximum Gasteiger partial charge on any atom is 0.336 e. The Hall–Kier alpha value is -2.76. The van der Waals surface area contributed by atoms with Crippen molar-refractivity contribution in [2.24, 2.45) is 17.3 Å². The fourth-order valence-corrected chi connectivity index (χ4v) is 7.73. The number of aliphatic hydroxyl groups is 1. The summed E-state index contributed by atoms with van der Waals surface area (Å²) in [5.41, 5.74) is 2.50. The van der Waals surface area contributed by atoms with Gasteiger partial charge in [-0.1, -0.05) is 24.6 Å².